The molecular weight excluding hydrogens is 204 g/mol. The van der Waals surface area contributed by atoms with E-state index >= 15 is 0 Å². The fraction of sp³-hybridized carbons (Fsp3) is 0.769. The van der Waals surface area contributed by atoms with Gasteiger partial charge in [0.1, 0.15) is 6.10 Å². The Labute approximate surface area is 95.5 Å². The summed E-state index contributed by atoms with van der Waals surface area (Å²) in [5.74, 6) is 1.86. The van der Waals surface area contributed by atoms with Crippen LogP contribution < -0.4 is 0 Å². The zero-order valence-electron chi connectivity index (χ0n) is 9.34. The van der Waals surface area contributed by atoms with Gasteiger partial charge in [0, 0.05) is 12.0 Å². The van der Waals surface area contributed by atoms with E-state index in [4.69, 9.17) is 4.74 Å². The third-order valence-electron chi connectivity index (χ3n) is 4.85. The Morgan fingerprint density at radius 3 is 2.88 bits per heavy atom. The topological polar surface area (TPSA) is 46.5 Å². The highest BCUT2D eigenvalue weighted by molar-refractivity contribution is 5.81. The molecule has 1 N–H and O–H groups in total. The summed E-state index contributed by atoms with van der Waals surface area (Å²) in [5.41, 5.74) is 0. The molecular formula is C13H18O3. The van der Waals surface area contributed by atoms with Gasteiger partial charge in [-0.3, -0.25) is 0 Å². The van der Waals surface area contributed by atoms with E-state index in [1.807, 2.05) is 0 Å². The van der Waals surface area contributed by atoms with Crippen LogP contribution in [0, 0.1) is 23.7 Å². The lowest BCUT2D eigenvalue weighted by Crippen LogP contribution is -2.33. The van der Waals surface area contributed by atoms with Crippen molar-refractivity contribution >= 4 is 5.97 Å². The molecule has 88 valence electrons. The third kappa shape index (κ3) is 1.34. The Morgan fingerprint density at radius 1 is 1.31 bits per heavy atom. The molecule has 0 spiro atoms. The molecule has 0 aromatic heterocycles. The number of ether oxygens (including phenoxy) is 1. The summed E-state index contributed by atoms with van der Waals surface area (Å²) in [6, 6.07) is 0. The van der Waals surface area contributed by atoms with E-state index in [1.54, 1.807) is 0 Å². The van der Waals surface area contributed by atoms with E-state index in [0.29, 0.717) is 23.7 Å². The molecule has 3 aliphatic carbocycles. The van der Waals surface area contributed by atoms with E-state index < -0.39 is 0 Å². The van der Waals surface area contributed by atoms with Crippen LogP contribution in [0.5, 0.6) is 0 Å². The summed E-state index contributed by atoms with van der Waals surface area (Å²) in [5, 5.41) is 9.86. The molecule has 0 aliphatic heterocycles. The first kappa shape index (κ1) is 10.3. The van der Waals surface area contributed by atoms with Crippen LogP contribution in [0.25, 0.3) is 0 Å². The first-order chi connectivity index (χ1) is 7.70. The summed E-state index contributed by atoms with van der Waals surface area (Å²) in [4.78, 5) is 11.2. The Hall–Kier alpha value is -0.830. The van der Waals surface area contributed by atoms with Gasteiger partial charge in [-0.1, -0.05) is 6.58 Å². The second-order valence-corrected chi connectivity index (χ2v) is 5.46. The molecule has 0 aromatic carbocycles. The average Bonchev–Trinajstić information content (AvgIpc) is 2.89. The molecule has 0 aromatic rings. The van der Waals surface area contributed by atoms with Crippen LogP contribution >= 0.6 is 0 Å². The van der Waals surface area contributed by atoms with Gasteiger partial charge in [-0.05, 0) is 43.4 Å². The highest BCUT2D eigenvalue weighted by Gasteiger charge is 2.57. The summed E-state index contributed by atoms with van der Waals surface area (Å²) in [6.07, 6.45) is 5.35. The van der Waals surface area contributed by atoms with Crippen molar-refractivity contribution in [3.63, 3.8) is 0 Å². The molecule has 0 radical (unpaired) electrons. The van der Waals surface area contributed by atoms with E-state index in [9.17, 15) is 9.90 Å². The average molecular weight is 222 g/mol. The molecule has 3 aliphatic rings. The number of aliphatic hydroxyl groups excluding tert-OH is 1. The minimum Gasteiger partial charge on any atom is -0.459 e. The van der Waals surface area contributed by atoms with Crippen molar-refractivity contribution in [2.75, 3.05) is 0 Å². The number of hydrogen-bond donors (Lipinski definition) is 1. The number of carbonyl (C=O) groups is 1. The summed E-state index contributed by atoms with van der Waals surface area (Å²) < 4.78 is 5.42. The molecule has 0 saturated heterocycles. The molecule has 3 nitrogen and oxygen atoms in total. The molecule has 6 atom stereocenters. The van der Waals surface area contributed by atoms with Crippen LogP contribution in [-0.4, -0.2) is 23.3 Å². The third-order valence-corrected chi connectivity index (χ3v) is 4.85. The maximum atomic E-state index is 11.2. The van der Waals surface area contributed by atoms with E-state index in [0.717, 1.165) is 25.7 Å². The van der Waals surface area contributed by atoms with Crippen molar-refractivity contribution in [2.24, 2.45) is 23.7 Å². The van der Waals surface area contributed by atoms with E-state index in [1.165, 1.54) is 6.08 Å². The quantitative estimate of drug-likeness (QED) is 0.569. The van der Waals surface area contributed by atoms with Gasteiger partial charge in [0.25, 0.3) is 0 Å². The SMILES string of the molecule is C=CC(=O)OC1CCC2C3CC(CC3O)C12. The van der Waals surface area contributed by atoms with Crippen LogP contribution in [-0.2, 0) is 9.53 Å². The van der Waals surface area contributed by atoms with E-state index in [-0.39, 0.29) is 18.2 Å². The largest absolute Gasteiger partial charge is 0.459 e. The van der Waals surface area contributed by atoms with Gasteiger partial charge in [0.05, 0.1) is 6.10 Å². The Bertz CT molecular complexity index is 325. The van der Waals surface area contributed by atoms with Crippen molar-refractivity contribution in [3.05, 3.63) is 12.7 Å². The normalized spacial score (nSPS) is 49.1. The van der Waals surface area contributed by atoms with Gasteiger partial charge in [0.15, 0.2) is 0 Å². The van der Waals surface area contributed by atoms with Gasteiger partial charge < -0.3 is 9.84 Å². The smallest absolute Gasteiger partial charge is 0.330 e. The van der Waals surface area contributed by atoms with Gasteiger partial charge >= 0.3 is 5.97 Å². The van der Waals surface area contributed by atoms with Gasteiger partial charge in [0.2, 0.25) is 0 Å². The molecule has 3 heteroatoms. The van der Waals surface area contributed by atoms with Crippen LogP contribution in [0.3, 0.4) is 0 Å². The summed E-state index contributed by atoms with van der Waals surface area (Å²) in [6.45, 7) is 3.43. The predicted octanol–water partition coefficient (Wildman–Crippen LogP) is 1.51. The number of fused-ring (bicyclic) bond motifs is 5. The highest BCUT2D eigenvalue weighted by Crippen LogP contribution is 2.59. The Kier molecular flexibility index (Phi) is 2.32. The summed E-state index contributed by atoms with van der Waals surface area (Å²) >= 11 is 0. The molecule has 3 fully saturated rings. The lowest BCUT2D eigenvalue weighted by atomic mass is 9.79. The maximum absolute atomic E-state index is 11.2. The molecule has 2 bridgehead atoms. The number of carbonyl (C=O) groups excluding carboxylic acids is 1. The first-order valence-electron chi connectivity index (χ1n) is 6.22. The van der Waals surface area contributed by atoms with Crippen molar-refractivity contribution in [1.82, 2.24) is 0 Å². The van der Waals surface area contributed by atoms with Crippen LogP contribution in [0.15, 0.2) is 12.7 Å². The molecule has 3 rings (SSSR count). The fourth-order valence-electron chi connectivity index (χ4n) is 4.37. The van der Waals surface area contributed by atoms with E-state index in [2.05, 4.69) is 6.58 Å². The standard InChI is InChI=1S/C13H18O3/c1-2-12(15)16-11-4-3-8-9-5-7(13(8)11)6-10(9)14/h2,7-11,13-14H,1,3-6H2. The zero-order valence-corrected chi connectivity index (χ0v) is 9.34. The molecule has 6 unspecified atom stereocenters. The van der Waals surface area contributed by atoms with Crippen LogP contribution in [0.2, 0.25) is 0 Å². The zero-order chi connectivity index (χ0) is 11.3. The van der Waals surface area contributed by atoms with Crippen molar-refractivity contribution < 1.29 is 14.6 Å². The minimum atomic E-state index is -0.297. The molecule has 16 heavy (non-hydrogen) atoms. The van der Waals surface area contributed by atoms with Crippen LogP contribution in [0.1, 0.15) is 25.7 Å². The van der Waals surface area contributed by atoms with Crippen LogP contribution in [0.4, 0.5) is 0 Å². The van der Waals surface area contributed by atoms with Crippen molar-refractivity contribution in [1.29, 1.82) is 0 Å². The molecule has 0 heterocycles. The first-order valence-corrected chi connectivity index (χ1v) is 6.22. The second-order valence-electron chi connectivity index (χ2n) is 5.46. The molecule has 3 saturated carbocycles. The molecule has 0 amide bonds. The highest BCUT2D eigenvalue weighted by atomic mass is 16.5. The van der Waals surface area contributed by atoms with Gasteiger partial charge in [-0.25, -0.2) is 4.79 Å². The van der Waals surface area contributed by atoms with Gasteiger partial charge in [-0.2, -0.15) is 0 Å². The number of rotatable bonds is 2. The summed E-state index contributed by atoms with van der Waals surface area (Å²) in [7, 11) is 0. The lowest BCUT2D eigenvalue weighted by Gasteiger charge is -2.31. The Balaban J connectivity index is 1.73. The maximum Gasteiger partial charge on any atom is 0.330 e. The lowest BCUT2D eigenvalue weighted by molar-refractivity contribution is -0.146. The monoisotopic (exact) mass is 222 g/mol. The fourth-order valence-corrected chi connectivity index (χ4v) is 4.37. The predicted molar refractivity (Wildman–Crippen MR) is 58.5 cm³/mol. The second kappa shape index (κ2) is 3.59. The Morgan fingerprint density at radius 2 is 2.12 bits per heavy atom. The van der Waals surface area contributed by atoms with Crippen molar-refractivity contribution in [3.8, 4) is 0 Å². The number of aliphatic hydroxyl groups is 1. The van der Waals surface area contributed by atoms with Gasteiger partial charge in [-0.15, -0.1) is 0 Å². The van der Waals surface area contributed by atoms with Crippen molar-refractivity contribution in [2.45, 2.75) is 37.9 Å². The number of esters is 1. The number of hydrogen-bond acceptors (Lipinski definition) is 3. The minimum absolute atomic E-state index is 0.0815.